The molecule has 1 saturated heterocycles. The average Bonchev–Trinajstić information content (AvgIpc) is 3.01. The Hall–Kier alpha value is -1.85. The first-order valence-corrected chi connectivity index (χ1v) is 7.67. The molecule has 5 nitrogen and oxygen atoms in total. The largest absolute Gasteiger partial charge is 0.382 e. The van der Waals surface area contributed by atoms with Crippen molar-refractivity contribution in [1.29, 1.82) is 0 Å². The van der Waals surface area contributed by atoms with Crippen molar-refractivity contribution in [3.8, 4) is 0 Å². The minimum Gasteiger partial charge on any atom is -0.382 e. The second-order valence-corrected chi connectivity index (χ2v) is 5.81. The van der Waals surface area contributed by atoms with E-state index in [1.54, 1.807) is 13.2 Å². The summed E-state index contributed by atoms with van der Waals surface area (Å²) in [7, 11) is 1.58. The molecule has 1 N–H and O–H groups in total. The molecule has 22 heavy (non-hydrogen) atoms. The van der Waals surface area contributed by atoms with Gasteiger partial charge in [-0.2, -0.15) is 5.10 Å². The minimum absolute atomic E-state index is 0.0759. The van der Waals surface area contributed by atoms with Gasteiger partial charge in [0.2, 0.25) is 0 Å². The number of hydrogen-bond donors (Lipinski definition) is 1. The summed E-state index contributed by atoms with van der Waals surface area (Å²) in [5.74, 6) is 0.336. The average molecular weight is 320 g/mol. The number of aromatic nitrogens is 2. The van der Waals surface area contributed by atoms with E-state index in [0.29, 0.717) is 18.2 Å². The van der Waals surface area contributed by atoms with Gasteiger partial charge < -0.3 is 10.1 Å². The molecule has 1 aliphatic heterocycles. The smallest absolute Gasteiger partial charge is 0.287 e. The van der Waals surface area contributed by atoms with Crippen LogP contribution in [-0.2, 0) is 11.8 Å². The first kappa shape index (κ1) is 15.1. The standard InChI is InChI=1S/C16H18ClN3O2/c1-20-16(21)14(17)13(10-19-20)18-9-12-7-8-22-15(12)11-5-3-2-4-6-11/h2-6,10,12,15,18H,7-9H2,1H3. The SMILES string of the molecule is Cn1ncc(NCC2CCOC2c2ccccc2)c(Cl)c1=O. The zero-order valence-corrected chi connectivity index (χ0v) is 13.1. The fourth-order valence-electron chi connectivity index (χ4n) is 2.73. The fourth-order valence-corrected chi connectivity index (χ4v) is 2.97. The number of nitrogens with one attached hydrogen (secondary N) is 1. The molecule has 116 valence electrons. The van der Waals surface area contributed by atoms with E-state index in [1.165, 1.54) is 10.2 Å². The molecule has 6 heteroatoms. The van der Waals surface area contributed by atoms with E-state index < -0.39 is 0 Å². The Morgan fingerprint density at radius 2 is 2.18 bits per heavy atom. The predicted octanol–water partition coefficient (Wildman–Crippen LogP) is 2.62. The van der Waals surface area contributed by atoms with Crippen LogP contribution in [-0.4, -0.2) is 22.9 Å². The zero-order chi connectivity index (χ0) is 15.5. The van der Waals surface area contributed by atoms with E-state index in [0.717, 1.165) is 13.0 Å². The van der Waals surface area contributed by atoms with Crippen molar-refractivity contribution in [2.75, 3.05) is 18.5 Å². The van der Waals surface area contributed by atoms with E-state index in [2.05, 4.69) is 22.5 Å². The van der Waals surface area contributed by atoms with Crippen LogP contribution in [0.4, 0.5) is 5.69 Å². The summed E-state index contributed by atoms with van der Waals surface area (Å²) in [5, 5.41) is 7.40. The molecule has 2 heterocycles. The Balaban J connectivity index is 1.71. The van der Waals surface area contributed by atoms with Gasteiger partial charge in [-0.15, -0.1) is 0 Å². The molecule has 0 bridgehead atoms. The molecule has 0 spiro atoms. The summed E-state index contributed by atoms with van der Waals surface area (Å²) >= 11 is 6.07. The summed E-state index contributed by atoms with van der Waals surface area (Å²) in [4.78, 5) is 11.8. The minimum atomic E-state index is -0.297. The number of aryl methyl sites for hydroxylation is 1. The zero-order valence-electron chi connectivity index (χ0n) is 12.3. The maximum atomic E-state index is 11.8. The van der Waals surface area contributed by atoms with Crippen LogP contribution in [0.2, 0.25) is 5.02 Å². The summed E-state index contributed by atoms with van der Waals surface area (Å²) in [6.45, 7) is 1.43. The molecule has 0 amide bonds. The van der Waals surface area contributed by atoms with Crippen molar-refractivity contribution in [1.82, 2.24) is 9.78 Å². The van der Waals surface area contributed by atoms with Crippen LogP contribution in [0.1, 0.15) is 18.1 Å². The number of anilines is 1. The Labute approximate surface area is 133 Å². The van der Waals surface area contributed by atoms with Gasteiger partial charge in [0.05, 0.1) is 18.0 Å². The first-order chi connectivity index (χ1) is 10.7. The highest BCUT2D eigenvalue weighted by molar-refractivity contribution is 6.32. The van der Waals surface area contributed by atoms with Crippen molar-refractivity contribution in [2.45, 2.75) is 12.5 Å². The van der Waals surface area contributed by atoms with E-state index in [9.17, 15) is 4.79 Å². The van der Waals surface area contributed by atoms with Crippen LogP contribution in [0.3, 0.4) is 0 Å². The molecular formula is C16H18ClN3O2. The van der Waals surface area contributed by atoms with Gasteiger partial charge in [-0.3, -0.25) is 4.79 Å². The molecule has 0 aliphatic carbocycles. The molecule has 3 rings (SSSR count). The topological polar surface area (TPSA) is 56.1 Å². The van der Waals surface area contributed by atoms with Crippen molar-refractivity contribution < 1.29 is 4.74 Å². The quantitative estimate of drug-likeness (QED) is 0.941. The first-order valence-electron chi connectivity index (χ1n) is 7.29. The second kappa shape index (κ2) is 6.50. The summed E-state index contributed by atoms with van der Waals surface area (Å²) < 4.78 is 7.08. The van der Waals surface area contributed by atoms with E-state index in [4.69, 9.17) is 16.3 Å². The highest BCUT2D eigenvalue weighted by atomic mass is 35.5. The van der Waals surface area contributed by atoms with Crippen LogP contribution in [0, 0.1) is 5.92 Å². The molecule has 1 aromatic heterocycles. The maximum absolute atomic E-state index is 11.8. The van der Waals surface area contributed by atoms with Gasteiger partial charge in [0.25, 0.3) is 5.56 Å². The third-order valence-corrected chi connectivity index (χ3v) is 4.34. The van der Waals surface area contributed by atoms with Gasteiger partial charge in [-0.1, -0.05) is 41.9 Å². The van der Waals surface area contributed by atoms with Crippen LogP contribution < -0.4 is 10.9 Å². The van der Waals surface area contributed by atoms with Crippen LogP contribution >= 0.6 is 11.6 Å². The van der Waals surface area contributed by atoms with Crippen LogP contribution in [0.25, 0.3) is 0 Å². The van der Waals surface area contributed by atoms with Gasteiger partial charge >= 0.3 is 0 Å². The van der Waals surface area contributed by atoms with E-state index >= 15 is 0 Å². The van der Waals surface area contributed by atoms with Crippen molar-refractivity contribution in [3.05, 3.63) is 57.5 Å². The number of benzene rings is 1. The molecule has 0 radical (unpaired) electrons. The summed E-state index contributed by atoms with van der Waals surface area (Å²) in [6.07, 6.45) is 2.63. The number of hydrogen-bond acceptors (Lipinski definition) is 4. The lowest BCUT2D eigenvalue weighted by Crippen LogP contribution is -2.23. The lowest BCUT2D eigenvalue weighted by Gasteiger charge is -2.20. The van der Waals surface area contributed by atoms with Crippen LogP contribution in [0.15, 0.2) is 41.3 Å². The molecule has 2 unspecified atom stereocenters. The third kappa shape index (κ3) is 3.00. The summed E-state index contributed by atoms with van der Waals surface area (Å²) in [6, 6.07) is 10.2. The molecule has 1 fully saturated rings. The molecule has 0 saturated carbocycles. The third-order valence-electron chi connectivity index (χ3n) is 3.98. The van der Waals surface area contributed by atoms with Gasteiger partial charge in [0.15, 0.2) is 0 Å². The van der Waals surface area contributed by atoms with Crippen molar-refractivity contribution >= 4 is 17.3 Å². The van der Waals surface area contributed by atoms with Crippen molar-refractivity contribution in [2.24, 2.45) is 13.0 Å². The lowest BCUT2D eigenvalue weighted by atomic mass is 9.95. The lowest BCUT2D eigenvalue weighted by molar-refractivity contribution is 0.0933. The molecule has 2 atom stereocenters. The number of nitrogens with zero attached hydrogens (tertiary/aromatic N) is 2. The van der Waals surface area contributed by atoms with E-state index in [-0.39, 0.29) is 16.7 Å². The predicted molar refractivity (Wildman–Crippen MR) is 86.2 cm³/mol. The van der Waals surface area contributed by atoms with Gasteiger partial charge in [0.1, 0.15) is 5.02 Å². The number of halogens is 1. The molecule has 2 aromatic rings. The summed E-state index contributed by atoms with van der Waals surface area (Å²) in [5.41, 5.74) is 1.46. The number of ether oxygens (including phenoxy) is 1. The Kier molecular flexibility index (Phi) is 4.45. The van der Waals surface area contributed by atoms with Gasteiger partial charge in [0, 0.05) is 26.1 Å². The van der Waals surface area contributed by atoms with Gasteiger partial charge in [-0.25, -0.2) is 4.68 Å². The van der Waals surface area contributed by atoms with Gasteiger partial charge in [-0.05, 0) is 12.0 Å². The Bertz CT molecular complexity index is 702. The fraction of sp³-hybridized carbons (Fsp3) is 0.375. The van der Waals surface area contributed by atoms with E-state index in [1.807, 2.05) is 18.2 Å². The van der Waals surface area contributed by atoms with Crippen molar-refractivity contribution in [3.63, 3.8) is 0 Å². The molecule has 1 aromatic carbocycles. The Morgan fingerprint density at radius 3 is 2.95 bits per heavy atom. The normalized spacial score (nSPS) is 21.0. The Morgan fingerprint density at radius 1 is 1.41 bits per heavy atom. The highest BCUT2D eigenvalue weighted by Gasteiger charge is 2.29. The second-order valence-electron chi connectivity index (χ2n) is 5.43. The van der Waals surface area contributed by atoms with Crippen LogP contribution in [0.5, 0.6) is 0 Å². The molecular weight excluding hydrogens is 302 g/mol. The number of rotatable bonds is 4. The monoisotopic (exact) mass is 319 g/mol. The highest BCUT2D eigenvalue weighted by Crippen LogP contribution is 2.34. The molecule has 1 aliphatic rings. The maximum Gasteiger partial charge on any atom is 0.287 e.